The molecule has 0 amide bonds. The van der Waals surface area contributed by atoms with E-state index < -0.39 is 16.4 Å². The third-order valence-corrected chi connectivity index (χ3v) is 3.13. The van der Waals surface area contributed by atoms with Crippen molar-refractivity contribution in [1.29, 1.82) is 0 Å². The lowest BCUT2D eigenvalue weighted by molar-refractivity contribution is -0.385. The Kier molecular flexibility index (Phi) is 4.41. The lowest BCUT2D eigenvalue weighted by Gasteiger charge is -2.09. The average Bonchev–Trinajstić information content (AvgIpc) is 2.49. The molecule has 0 saturated carbocycles. The molecule has 0 radical (unpaired) electrons. The number of phenols is 1. The van der Waals surface area contributed by atoms with Gasteiger partial charge in [0.1, 0.15) is 5.56 Å². The lowest BCUT2D eigenvalue weighted by Crippen LogP contribution is -2.06. The third kappa shape index (κ3) is 3.06. The molecule has 6 nitrogen and oxygen atoms in total. The van der Waals surface area contributed by atoms with E-state index in [0.29, 0.717) is 5.56 Å². The molecule has 0 saturated heterocycles. The van der Waals surface area contributed by atoms with Crippen LogP contribution in [0.2, 0.25) is 0 Å². The Morgan fingerprint density at radius 3 is 2.45 bits per heavy atom. The number of hydrogen-bond donors (Lipinski definition) is 1. The van der Waals surface area contributed by atoms with Gasteiger partial charge in [-0.05, 0) is 13.8 Å². The van der Waals surface area contributed by atoms with Crippen LogP contribution in [0.5, 0.6) is 11.5 Å². The highest BCUT2D eigenvalue weighted by Gasteiger charge is 2.24. The zero-order valence-electron chi connectivity index (χ0n) is 12.2. The summed E-state index contributed by atoms with van der Waals surface area (Å²) in [4.78, 5) is 22.9. The Balaban J connectivity index is 2.56. The summed E-state index contributed by atoms with van der Waals surface area (Å²) in [5.74, 6) is -0.815. The molecule has 1 N–H and O–H groups in total. The van der Waals surface area contributed by atoms with Crippen molar-refractivity contribution >= 4 is 11.5 Å². The molecule has 0 aliphatic rings. The predicted octanol–water partition coefficient (Wildman–Crippen LogP) is 3.24. The highest BCUT2D eigenvalue weighted by Crippen LogP contribution is 2.35. The number of nitro benzene ring substituents is 1. The molecule has 0 heterocycles. The lowest BCUT2D eigenvalue weighted by atomic mass is 10.00. The van der Waals surface area contributed by atoms with Crippen molar-refractivity contribution < 1.29 is 19.6 Å². The molecule has 2 rings (SSSR count). The van der Waals surface area contributed by atoms with E-state index in [-0.39, 0.29) is 23.7 Å². The third-order valence-electron chi connectivity index (χ3n) is 3.13. The maximum atomic E-state index is 12.5. The molecule has 0 spiro atoms. The number of carbonyl (C=O) groups excluding carboxylic acids is 1. The summed E-state index contributed by atoms with van der Waals surface area (Å²) >= 11 is 0. The van der Waals surface area contributed by atoms with Gasteiger partial charge in [-0.15, -0.1) is 0 Å². The van der Waals surface area contributed by atoms with Crippen LogP contribution in [0.25, 0.3) is 0 Å². The second-order valence-electron chi connectivity index (χ2n) is 4.72. The molecular weight excluding hydrogens is 286 g/mol. The molecule has 114 valence electrons. The minimum atomic E-state index is -0.698. The van der Waals surface area contributed by atoms with Gasteiger partial charge in [0, 0.05) is 11.6 Å². The van der Waals surface area contributed by atoms with Gasteiger partial charge in [-0.2, -0.15) is 0 Å². The van der Waals surface area contributed by atoms with Crippen LogP contribution in [-0.2, 0) is 0 Å². The number of nitro groups is 1. The van der Waals surface area contributed by atoms with Crippen molar-refractivity contribution in [2.45, 2.75) is 13.8 Å². The maximum Gasteiger partial charge on any atom is 0.284 e. The predicted molar refractivity (Wildman–Crippen MR) is 80.5 cm³/mol. The molecule has 0 aliphatic heterocycles. The van der Waals surface area contributed by atoms with Crippen molar-refractivity contribution in [3.63, 3.8) is 0 Å². The van der Waals surface area contributed by atoms with E-state index in [1.54, 1.807) is 31.2 Å². The van der Waals surface area contributed by atoms with E-state index in [9.17, 15) is 20.0 Å². The minimum absolute atomic E-state index is 0.0450. The van der Waals surface area contributed by atoms with Gasteiger partial charge in [0.15, 0.2) is 17.3 Å². The van der Waals surface area contributed by atoms with Gasteiger partial charge in [0.2, 0.25) is 0 Å². The Bertz CT molecular complexity index is 722. The largest absolute Gasteiger partial charge is 0.504 e. The summed E-state index contributed by atoms with van der Waals surface area (Å²) in [6, 6.07) is 8.86. The van der Waals surface area contributed by atoms with Crippen molar-refractivity contribution in [3.8, 4) is 11.5 Å². The number of aryl methyl sites for hydroxylation is 1. The molecule has 2 aromatic carbocycles. The first-order chi connectivity index (χ1) is 10.4. The smallest absolute Gasteiger partial charge is 0.284 e. The molecule has 0 atom stereocenters. The first-order valence-corrected chi connectivity index (χ1v) is 6.69. The Labute approximate surface area is 127 Å². The summed E-state index contributed by atoms with van der Waals surface area (Å²) in [5.41, 5.74) is 0.746. The number of nitrogens with zero attached hydrogens (tertiary/aromatic N) is 1. The summed E-state index contributed by atoms with van der Waals surface area (Å²) in [6.45, 7) is 3.86. The topological polar surface area (TPSA) is 89.7 Å². The van der Waals surface area contributed by atoms with Crippen LogP contribution < -0.4 is 4.74 Å². The number of ether oxygens (including phenoxy) is 1. The zero-order chi connectivity index (χ0) is 16.3. The van der Waals surface area contributed by atoms with Crippen LogP contribution in [0.4, 0.5) is 5.69 Å². The highest BCUT2D eigenvalue weighted by atomic mass is 16.6. The zero-order valence-corrected chi connectivity index (χ0v) is 12.2. The SMILES string of the molecule is CCOc1cc(C(=O)c2ccc(C)cc2)c([N+](=O)[O-])cc1O. The van der Waals surface area contributed by atoms with Crippen molar-refractivity contribution in [2.24, 2.45) is 0 Å². The number of hydrogen-bond acceptors (Lipinski definition) is 5. The van der Waals surface area contributed by atoms with Crippen molar-refractivity contribution in [2.75, 3.05) is 6.61 Å². The number of phenolic OH excluding ortho intramolecular Hbond substituents is 1. The number of aromatic hydroxyl groups is 1. The number of ketones is 1. The molecule has 0 bridgehead atoms. The second kappa shape index (κ2) is 6.26. The minimum Gasteiger partial charge on any atom is -0.504 e. The molecule has 0 fully saturated rings. The molecule has 2 aromatic rings. The molecule has 22 heavy (non-hydrogen) atoms. The fraction of sp³-hybridized carbons (Fsp3) is 0.188. The van der Waals surface area contributed by atoms with Gasteiger partial charge in [-0.3, -0.25) is 14.9 Å². The van der Waals surface area contributed by atoms with Crippen LogP contribution in [0.15, 0.2) is 36.4 Å². The van der Waals surface area contributed by atoms with Gasteiger partial charge in [-0.25, -0.2) is 0 Å². The van der Waals surface area contributed by atoms with E-state index in [1.807, 2.05) is 6.92 Å². The molecule has 0 aliphatic carbocycles. The fourth-order valence-electron chi connectivity index (χ4n) is 2.02. The van der Waals surface area contributed by atoms with Crippen LogP contribution in [0.3, 0.4) is 0 Å². The summed E-state index contributed by atoms with van der Waals surface area (Å²) < 4.78 is 5.19. The normalized spacial score (nSPS) is 10.3. The summed E-state index contributed by atoms with van der Waals surface area (Å²) in [6.07, 6.45) is 0. The van der Waals surface area contributed by atoms with Crippen molar-refractivity contribution in [1.82, 2.24) is 0 Å². The van der Waals surface area contributed by atoms with E-state index in [4.69, 9.17) is 4.74 Å². The Morgan fingerprint density at radius 1 is 1.27 bits per heavy atom. The second-order valence-corrected chi connectivity index (χ2v) is 4.72. The average molecular weight is 301 g/mol. The fourth-order valence-corrected chi connectivity index (χ4v) is 2.02. The molecule has 6 heteroatoms. The molecule has 0 aromatic heterocycles. The van der Waals surface area contributed by atoms with Crippen LogP contribution in [0.1, 0.15) is 28.4 Å². The standard InChI is InChI=1S/C16H15NO5/c1-3-22-15-8-12(13(17(20)21)9-14(15)18)16(19)11-6-4-10(2)5-7-11/h4-9,18H,3H2,1-2H3. The Morgan fingerprint density at radius 2 is 1.91 bits per heavy atom. The summed E-state index contributed by atoms with van der Waals surface area (Å²) in [5, 5.41) is 20.9. The van der Waals surface area contributed by atoms with E-state index in [1.165, 1.54) is 6.07 Å². The van der Waals surface area contributed by atoms with Gasteiger partial charge >= 0.3 is 0 Å². The van der Waals surface area contributed by atoms with Crippen LogP contribution in [-0.4, -0.2) is 22.4 Å². The molecular formula is C16H15NO5. The van der Waals surface area contributed by atoms with Gasteiger partial charge in [0.05, 0.1) is 17.6 Å². The van der Waals surface area contributed by atoms with E-state index in [0.717, 1.165) is 11.6 Å². The number of carbonyl (C=O) groups is 1. The van der Waals surface area contributed by atoms with Crippen molar-refractivity contribution in [3.05, 3.63) is 63.2 Å². The van der Waals surface area contributed by atoms with Gasteiger partial charge in [-0.1, -0.05) is 29.8 Å². The quantitative estimate of drug-likeness (QED) is 0.520. The summed E-state index contributed by atoms with van der Waals surface area (Å²) in [7, 11) is 0. The van der Waals surface area contributed by atoms with Crippen LogP contribution in [0, 0.1) is 17.0 Å². The maximum absolute atomic E-state index is 12.5. The van der Waals surface area contributed by atoms with Gasteiger partial charge in [0.25, 0.3) is 5.69 Å². The first kappa shape index (κ1) is 15.5. The highest BCUT2D eigenvalue weighted by molar-refractivity contribution is 6.11. The number of rotatable bonds is 5. The van der Waals surface area contributed by atoms with Gasteiger partial charge < -0.3 is 9.84 Å². The number of benzene rings is 2. The first-order valence-electron chi connectivity index (χ1n) is 6.69. The van der Waals surface area contributed by atoms with E-state index >= 15 is 0 Å². The monoisotopic (exact) mass is 301 g/mol. The van der Waals surface area contributed by atoms with Crippen LogP contribution >= 0.6 is 0 Å². The Hall–Kier alpha value is -2.89. The molecule has 0 unspecified atom stereocenters. The van der Waals surface area contributed by atoms with E-state index in [2.05, 4.69) is 0 Å².